The molecule has 0 saturated carbocycles. The highest BCUT2D eigenvalue weighted by atomic mass is 32.1. The van der Waals surface area contributed by atoms with E-state index in [-0.39, 0.29) is 0 Å². The molecule has 0 unspecified atom stereocenters. The highest BCUT2D eigenvalue weighted by molar-refractivity contribution is 7.04. The third kappa shape index (κ3) is 1.36. The minimum absolute atomic E-state index is 1.09. The van der Waals surface area contributed by atoms with Gasteiger partial charge in [-0.2, -0.15) is 4.37 Å². The van der Waals surface area contributed by atoms with E-state index in [1.165, 1.54) is 28.0 Å². The Labute approximate surface area is 91.7 Å². The maximum absolute atomic E-state index is 4.28. The number of benzene rings is 1. The van der Waals surface area contributed by atoms with E-state index < -0.39 is 0 Å². The van der Waals surface area contributed by atoms with Crippen molar-refractivity contribution < 1.29 is 0 Å². The third-order valence-corrected chi connectivity index (χ3v) is 3.29. The van der Waals surface area contributed by atoms with Crippen molar-refractivity contribution in [3.63, 3.8) is 0 Å². The molecule has 0 aliphatic rings. The summed E-state index contributed by atoms with van der Waals surface area (Å²) in [6.07, 6.45) is 0. The predicted molar refractivity (Wildman–Crippen MR) is 64.1 cm³/mol. The highest BCUT2D eigenvalue weighted by Gasteiger charge is 2.06. The van der Waals surface area contributed by atoms with E-state index in [1.54, 1.807) is 0 Å². The molecule has 0 bridgehead atoms. The zero-order valence-corrected chi connectivity index (χ0v) is 9.14. The normalized spacial score (nSPS) is 11.0. The molecule has 0 amide bonds. The fourth-order valence-corrected chi connectivity index (χ4v) is 2.48. The van der Waals surface area contributed by atoms with Gasteiger partial charge in [0, 0.05) is 27.5 Å². The van der Waals surface area contributed by atoms with Gasteiger partial charge in [-0.05, 0) is 30.6 Å². The van der Waals surface area contributed by atoms with Gasteiger partial charge in [0.05, 0.1) is 5.69 Å². The van der Waals surface area contributed by atoms with Crippen LogP contribution in [-0.2, 0) is 0 Å². The molecule has 0 radical (unpaired) electrons. The topological polar surface area (TPSA) is 28.7 Å². The number of nitrogens with one attached hydrogen (secondary N) is 1. The molecule has 74 valence electrons. The maximum atomic E-state index is 4.28. The van der Waals surface area contributed by atoms with Gasteiger partial charge < -0.3 is 4.98 Å². The Balaban J connectivity index is 2.24. The van der Waals surface area contributed by atoms with Crippen molar-refractivity contribution in [3.05, 3.63) is 41.4 Å². The monoisotopic (exact) mass is 214 g/mol. The van der Waals surface area contributed by atoms with Gasteiger partial charge in [-0.15, -0.1) is 0 Å². The van der Waals surface area contributed by atoms with Crippen molar-refractivity contribution in [1.29, 1.82) is 0 Å². The Morgan fingerprint density at radius 1 is 1.27 bits per heavy atom. The van der Waals surface area contributed by atoms with Gasteiger partial charge in [-0.3, -0.25) is 0 Å². The second-order valence-corrected chi connectivity index (χ2v) is 4.21. The van der Waals surface area contributed by atoms with Gasteiger partial charge in [0.15, 0.2) is 0 Å². The molecule has 0 atom stereocenters. The number of aromatic amines is 1. The molecule has 1 aromatic carbocycles. The summed E-state index contributed by atoms with van der Waals surface area (Å²) in [5.74, 6) is 0. The van der Waals surface area contributed by atoms with Crippen LogP contribution < -0.4 is 0 Å². The van der Waals surface area contributed by atoms with Gasteiger partial charge in [0.2, 0.25) is 0 Å². The third-order valence-electron chi connectivity index (χ3n) is 2.57. The fourth-order valence-electron chi connectivity index (χ4n) is 1.77. The quantitative estimate of drug-likeness (QED) is 0.658. The molecule has 0 saturated heterocycles. The van der Waals surface area contributed by atoms with Crippen LogP contribution in [0.3, 0.4) is 0 Å². The molecule has 2 nitrogen and oxygen atoms in total. The molecule has 0 aliphatic heterocycles. The van der Waals surface area contributed by atoms with E-state index in [0.29, 0.717) is 0 Å². The van der Waals surface area contributed by atoms with Crippen molar-refractivity contribution in [2.24, 2.45) is 0 Å². The Morgan fingerprint density at radius 2 is 2.13 bits per heavy atom. The lowest BCUT2D eigenvalue weighted by molar-refractivity contribution is 1.32. The van der Waals surface area contributed by atoms with Gasteiger partial charge in [-0.1, -0.05) is 18.2 Å². The van der Waals surface area contributed by atoms with E-state index in [4.69, 9.17) is 0 Å². The first-order valence-corrected chi connectivity index (χ1v) is 5.67. The molecule has 15 heavy (non-hydrogen) atoms. The van der Waals surface area contributed by atoms with Crippen LogP contribution in [0.1, 0.15) is 5.69 Å². The minimum Gasteiger partial charge on any atom is -0.354 e. The number of rotatable bonds is 1. The summed E-state index contributed by atoms with van der Waals surface area (Å²) in [4.78, 5) is 3.41. The minimum atomic E-state index is 1.09. The lowest BCUT2D eigenvalue weighted by atomic mass is 10.2. The molecule has 2 aromatic heterocycles. The van der Waals surface area contributed by atoms with E-state index in [2.05, 4.69) is 39.0 Å². The van der Waals surface area contributed by atoms with Crippen LogP contribution in [0.25, 0.3) is 22.2 Å². The SMILES string of the molecule is Cc1nscc1-c1cc2ccccc2[nH]1. The number of aryl methyl sites for hydroxylation is 1. The Bertz CT molecular complexity index is 574. The smallest absolute Gasteiger partial charge is 0.0604 e. The first kappa shape index (κ1) is 8.68. The standard InChI is InChI=1S/C12H10N2S/c1-8-10(7-15-14-8)12-6-9-4-2-3-5-11(9)13-12/h2-7,13H,1H3. The largest absolute Gasteiger partial charge is 0.354 e. The van der Waals surface area contributed by atoms with Crippen molar-refractivity contribution in [2.45, 2.75) is 6.92 Å². The molecule has 3 aromatic rings. The van der Waals surface area contributed by atoms with Crippen molar-refractivity contribution in [1.82, 2.24) is 9.36 Å². The van der Waals surface area contributed by atoms with Crippen molar-refractivity contribution >= 4 is 22.4 Å². The zero-order valence-electron chi connectivity index (χ0n) is 8.32. The summed E-state index contributed by atoms with van der Waals surface area (Å²) in [6, 6.07) is 10.5. The van der Waals surface area contributed by atoms with E-state index in [0.717, 1.165) is 11.4 Å². The molecule has 2 heterocycles. The second kappa shape index (κ2) is 3.21. The first-order valence-electron chi connectivity index (χ1n) is 4.84. The Morgan fingerprint density at radius 3 is 2.87 bits per heavy atom. The average Bonchev–Trinajstić information content (AvgIpc) is 2.82. The first-order chi connectivity index (χ1) is 7.34. The zero-order chi connectivity index (χ0) is 10.3. The molecule has 0 spiro atoms. The fraction of sp³-hybridized carbons (Fsp3) is 0.0833. The summed E-state index contributed by atoms with van der Waals surface area (Å²) in [5, 5.41) is 3.33. The number of H-pyrrole nitrogens is 1. The lowest BCUT2D eigenvalue weighted by Crippen LogP contribution is -1.77. The number of hydrogen-bond acceptors (Lipinski definition) is 2. The summed E-state index contributed by atoms with van der Waals surface area (Å²) in [7, 11) is 0. The van der Waals surface area contributed by atoms with Crippen LogP contribution in [-0.4, -0.2) is 9.36 Å². The lowest BCUT2D eigenvalue weighted by Gasteiger charge is -1.92. The number of hydrogen-bond donors (Lipinski definition) is 1. The summed E-state index contributed by atoms with van der Waals surface area (Å²) >= 11 is 1.50. The molecular formula is C12H10N2S. The molecule has 1 N–H and O–H groups in total. The van der Waals surface area contributed by atoms with Gasteiger partial charge in [0.25, 0.3) is 0 Å². The summed E-state index contributed by atoms with van der Waals surface area (Å²) in [5.41, 5.74) is 4.63. The van der Waals surface area contributed by atoms with Crippen molar-refractivity contribution in [2.75, 3.05) is 0 Å². The van der Waals surface area contributed by atoms with E-state index in [1.807, 2.05) is 13.0 Å². The van der Waals surface area contributed by atoms with Crippen LogP contribution in [0.4, 0.5) is 0 Å². The molecule has 0 fully saturated rings. The van der Waals surface area contributed by atoms with Crippen LogP contribution in [0.5, 0.6) is 0 Å². The van der Waals surface area contributed by atoms with E-state index in [9.17, 15) is 0 Å². The molecule has 3 heteroatoms. The molecular weight excluding hydrogens is 204 g/mol. The van der Waals surface area contributed by atoms with Crippen LogP contribution in [0, 0.1) is 6.92 Å². The predicted octanol–water partition coefficient (Wildman–Crippen LogP) is 3.60. The highest BCUT2D eigenvalue weighted by Crippen LogP contribution is 2.27. The average molecular weight is 214 g/mol. The van der Waals surface area contributed by atoms with Crippen molar-refractivity contribution in [3.8, 4) is 11.3 Å². The molecule has 0 aliphatic carbocycles. The van der Waals surface area contributed by atoms with Crippen LogP contribution >= 0.6 is 11.5 Å². The summed E-state index contributed by atoms with van der Waals surface area (Å²) in [6.45, 7) is 2.04. The van der Waals surface area contributed by atoms with Crippen LogP contribution in [0.15, 0.2) is 35.7 Å². The Kier molecular flexibility index (Phi) is 1.86. The summed E-state index contributed by atoms with van der Waals surface area (Å²) < 4.78 is 4.28. The van der Waals surface area contributed by atoms with E-state index >= 15 is 0 Å². The number of aromatic nitrogens is 2. The number of para-hydroxylation sites is 1. The maximum Gasteiger partial charge on any atom is 0.0604 e. The van der Waals surface area contributed by atoms with Gasteiger partial charge in [-0.25, -0.2) is 0 Å². The number of fused-ring (bicyclic) bond motifs is 1. The van der Waals surface area contributed by atoms with Gasteiger partial charge in [0.1, 0.15) is 0 Å². The van der Waals surface area contributed by atoms with Crippen LogP contribution in [0.2, 0.25) is 0 Å². The number of nitrogens with zero attached hydrogens (tertiary/aromatic N) is 1. The van der Waals surface area contributed by atoms with Gasteiger partial charge >= 0.3 is 0 Å². The molecule has 3 rings (SSSR count). The second-order valence-electron chi connectivity index (χ2n) is 3.58. The Hall–Kier alpha value is -1.61.